The molecule has 0 heterocycles. The first-order chi connectivity index (χ1) is 7.82. The topological polar surface area (TPSA) is 20.2 Å². The summed E-state index contributed by atoms with van der Waals surface area (Å²) in [5.74, 6) is 0. The normalized spacial score (nSPS) is 19.6. The van der Waals surface area contributed by atoms with Crippen LogP contribution in [-0.4, -0.2) is 9.94 Å². The zero-order chi connectivity index (χ0) is 12.7. The summed E-state index contributed by atoms with van der Waals surface area (Å²) in [6.07, 6.45) is 4.15. The molecule has 0 radical (unpaired) electrons. The van der Waals surface area contributed by atoms with E-state index in [-0.39, 0.29) is 5.56 Å². The summed E-state index contributed by atoms with van der Waals surface area (Å²) in [5, 5.41) is 9.93. The number of fused-ring (bicyclic) bond motifs is 1. The molecular formula is C13H15BrF2O. The first-order valence-electron chi connectivity index (χ1n) is 5.74. The van der Waals surface area contributed by atoms with Gasteiger partial charge in [-0.15, -0.1) is 0 Å². The molecule has 1 aromatic rings. The largest absolute Gasteiger partial charge is 0.378 e. The van der Waals surface area contributed by atoms with E-state index >= 15 is 0 Å². The molecule has 0 fully saturated rings. The van der Waals surface area contributed by atoms with Crippen molar-refractivity contribution in [3.8, 4) is 0 Å². The van der Waals surface area contributed by atoms with Gasteiger partial charge in [-0.3, -0.25) is 0 Å². The van der Waals surface area contributed by atoms with Crippen LogP contribution in [0.2, 0.25) is 0 Å². The number of rotatable bonds is 2. The fourth-order valence-electron chi connectivity index (χ4n) is 2.20. The molecule has 1 atom stereocenters. The van der Waals surface area contributed by atoms with Gasteiger partial charge < -0.3 is 5.11 Å². The summed E-state index contributed by atoms with van der Waals surface area (Å²) in [4.78, 5) is -3.33. The summed E-state index contributed by atoms with van der Waals surface area (Å²) in [6, 6.07) is 5.17. The van der Waals surface area contributed by atoms with Gasteiger partial charge >= 0.3 is 4.83 Å². The number of alkyl halides is 3. The Morgan fingerprint density at radius 2 is 1.76 bits per heavy atom. The van der Waals surface area contributed by atoms with Crippen LogP contribution in [0, 0.1) is 0 Å². The van der Waals surface area contributed by atoms with E-state index in [0.717, 1.165) is 38.2 Å². The number of hydrogen-bond donors (Lipinski definition) is 1. The molecule has 2 rings (SSSR count). The van der Waals surface area contributed by atoms with Crippen LogP contribution in [-0.2, 0) is 18.4 Å². The molecule has 1 nitrogen and oxygen atoms in total. The molecule has 0 spiro atoms. The minimum Gasteiger partial charge on any atom is -0.378 e. The van der Waals surface area contributed by atoms with Gasteiger partial charge in [0.1, 0.15) is 0 Å². The van der Waals surface area contributed by atoms with Gasteiger partial charge in [-0.25, -0.2) is 0 Å². The van der Waals surface area contributed by atoms with E-state index in [1.807, 2.05) is 6.07 Å². The highest BCUT2D eigenvalue weighted by atomic mass is 79.9. The highest BCUT2D eigenvalue weighted by Gasteiger charge is 2.48. The lowest BCUT2D eigenvalue weighted by Gasteiger charge is -2.30. The van der Waals surface area contributed by atoms with Crippen molar-refractivity contribution in [1.82, 2.24) is 0 Å². The summed E-state index contributed by atoms with van der Waals surface area (Å²) >= 11 is 2.25. The molecule has 4 heteroatoms. The maximum Gasteiger partial charge on any atom is 0.333 e. The predicted molar refractivity (Wildman–Crippen MR) is 66.5 cm³/mol. The first kappa shape index (κ1) is 13.0. The molecule has 1 aromatic carbocycles. The van der Waals surface area contributed by atoms with Crippen LogP contribution in [0.5, 0.6) is 0 Å². The fourth-order valence-corrected chi connectivity index (χ4v) is 2.43. The van der Waals surface area contributed by atoms with E-state index in [9.17, 15) is 13.9 Å². The van der Waals surface area contributed by atoms with Crippen LogP contribution < -0.4 is 0 Å². The lowest BCUT2D eigenvalue weighted by molar-refractivity contribution is -0.109. The van der Waals surface area contributed by atoms with Gasteiger partial charge in [0.2, 0.25) is 0 Å². The number of aryl methyl sites for hydroxylation is 2. The number of aliphatic hydroxyl groups is 1. The minimum atomic E-state index is -3.33. The van der Waals surface area contributed by atoms with E-state index in [2.05, 4.69) is 15.9 Å². The molecule has 17 heavy (non-hydrogen) atoms. The molecular weight excluding hydrogens is 290 g/mol. The molecule has 0 saturated heterocycles. The Kier molecular flexibility index (Phi) is 3.29. The molecule has 0 saturated carbocycles. The average molecular weight is 305 g/mol. The van der Waals surface area contributed by atoms with Crippen LogP contribution in [0.1, 0.15) is 36.5 Å². The van der Waals surface area contributed by atoms with Gasteiger partial charge in [0, 0.05) is 0 Å². The van der Waals surface area contributed by atoms with Gasteiger partial charge in [0.25, 0.3) is 0 Å². The Balaban J connectivity index is 2.40. The quantitative estimate of drug-likeness (QED) is 0.825. The lowest BCUT2D eigenvalue weighted by atomic mass is 9.86. The monoisotopic (exact) mass is 304 g/mol. The Morgan fingerprint density at radius 3 is 2.35 bits per heavy atom. The molecule has 0 amide bonds. The Bertz CT molecular complexity index is 424. The molecule has 0 aliphatic heterocycles. The van der Waals surface area contributed by atoms with Crippen molar-refractivity contribution in [3.05, 3.63) is 34.9 Å². The van der Waals surface area contributed by atoms with Gasteiger partial charge in [-0.05, 0) is 65.2 Å². The average Bonchev–Trinajstić information content (AvgIpc) is 2.27. The summed E-state index contributed by atoms with van der Waals surface area (Å²) in [6.45, 7) is 1.13. The van der Waals surface area contributed by atoms with Crippen molar-refractivity contribution in [1.29, 1.82) is 0 Å². The third-order valence-corrected chi connectivity index (χ3v) is 4.23. The standard InChI is InChI=1S/C13H15BrF2O/c1-12(17,13(14,15)16)11-7-6-9-4-2-3-5-10(9)8-11/h6-8,17H,2-5H2,1H3. The lowest BCUT2D eigenvalue weighted by Crippen LogP contribution is -2.38. The second-order valence-corrected chi connectivity index (χ2v) is 5.76. The summed E-state index contributed by atoms with van der Waals surface area (Å²) < 4.78 is 26.6. The molecule has 1 unspecified atom stereocenters. The SMILES string of the molecule is CC(O)(c1ccc2c(c1)CCCC2)C(F)(F)Br. The number of hydrogen-bond acceptors (Lipinski definition) is 1. The zero-order valence-electron chi connectivity index (χ0n) is 9.64. The Morgan fingerprint density at radius 1 is 1.18 bits per heavy atom. The van der Waals surface area contributed by atoms with Crippen molar-refractivity contribution in [2.45, 2.75) is 43.0 Å². The van der Waals surface area contributed by atoms with Crippen molar-refractivity contribution in [3.63, 3.8) is 0 Å². The van der Waals surface area contributed by atoms with Crippen LogP contribution in [0.4, 0.5) is 8.78 Å². The summed E-state index contributed by atoms with van der Waals surface area (Å²) in [5.41, 5.74) is 0.388. The number of benzene rings is 1. The molecule has 94 valence electrons. The third-order valence-electron chi connectivity index (χ3n) is 3.46. The van der Waals surface area contributed by atoms with Gasteiger partial charge in [0.15, 0.2) is 5.60 Å². The van der Waals surface area contributed by atoms with E-state index in [1.165, 1.54) is 5.56 Å². The highest BCUT2D eigenvalue weighted by Crippen LogP contribution is 2.42. The Labute approximate surface area is 108 Å². The van der Waals surface area contributed by atoms with Crippen LogP contribution in [0.3, 0.4) is 0 Å². The van der Waals surface area contributed by atoms with Gasteiger partial charge in [0.05, 0.1) is 0 Å². The maximum absolute atomic E-state index is 13.3. The number of halogens is 3. The molecule has 1 aliphatic carbocycles. The van der Waals surface area contributed by atoms with E-state index in [4.69, 9.17) is 0 Å². The second kappa shape index (κ2) is 4.32. The van der Waals surface area contributed by atoms with Crippen molar-refractivity contribution in [2.24, 2.45) is 0 Å². The van der Waals surface area contributed by atoms with Crippen LogP contribution in [0.15, 0.2) is 18.2 Å². The highest BCUT2D eigenvalue weighted by molar-refractivity contribution is 9.10. The Hall–Kier alpha value is -0.480. The van der Waals surface area contributed by atoms with Crippen LogP contribution in [0.25, 0.3) is 0 Å². The van der Waals surface area contributed by atoms with E-state index < -0.39 is 10.4 Å². The second-order valence-electron chi connectivity index (χ2n) is 4.76. The zero-order valence-corrected chi connectivity index (χ0v) is 11.2. The smallest absolute Gasteiger partial charge is 0.333 e. The van der Waals surface area contributed by atoms with Crippen molar-refractivity contribution < 1.29 is 13.9 Å². The molecule has 0 bridgehead atoms. The predicted octanol–water partition coefficient (Wildman–Crippen LogP) is 3.76. The summed E-state index contributed by atoms with van der Waals surface area (Å²) in [7, 11) is 0. The van der Waals surface area contributed by atoms with Crippen molar-refractivity contribution >= 4 is 15.9 Å². The van der Waals surface area contributed by atoms with E-state index in [0.29, 0.717) is 0 Å². The molecule has 0 aromatic heterocycles. The molecule has 1 N–H and O–H groups in total. The first-order valence-corrected chi connectivity index (χ1v) is 6.53. The maximum atomic E-state index is 13.3. The van der Waals surface area contributed by atoms with Crippen LogP contribution >= 0.6 is 15.9 Å². The third kappa shape index (κ3) is 2.38. The fraction of sp³-hybridized carbons (Fsp3) is 0.538. The van der Waals surface area contributed by atoms with Gasteiger partial charge in [-0.2, -0.15) is 8.78 Å². The van der Waals surface area contributed by atoms with E-state index in [1.54, 1.807) is 12.1 Å². The minimum absolute atomic E-state index is 0.264. The van der Waals surface area contributed by atoms with Gasteiger partial charge in [-0.1, -0.05) is 18.2 Å². The molecule has 1 aliphatic rings. The van der Waals surface area contributed by atoms with Crippen molar-refractivity contribution in [2.75, 3.05) is 0 Å².